The lowest BCUT2D eigenvalue weighted by Gasteiger charge is -2.37. The fourth-order valence-corrected chi connectivity index (χ4v) is 2.27. The molecular formula is C13H17N3O. The largest absolute Gasteiger partial charge is 0.379 e. The molecule has 1 fully saturated rings. The number of pyridine rings is 1. The highest BCUT2D eigenvalue weighted by atomic mass is 16.5. The van der Waals surface area contributed by atoms with Crippen molar-refractivity contribution in [3.63, 3.8) is 0 Å². The van der Waals surface area contributed by atoms with Gasteiger partial charge in [0.1, 0.15) is 11.9 Å². The van der Waals surface area contributed by atoms with E-state index in [2.05, 4.69) is 22.9 Å². The number of ether oxygens (including phenoxy) is 1. The molecule has 1 aliphatic rings. The summed E-state index contributed by atoms with van der Waals surface area (Å²) in [6, 6.07) is 5.79. The lowest BCUT2D eigenvalue weighted by Crippen LogP contribution is -2.44. The molecule has 0 aromatic carbocycles. The molecule has 0 spiro atoms. The van der Waals surface area contributed by atoms with Gasteiger partial charge in [0.15, 0.2) is 0 Å². The normalized spacial score (nSPS) is 24.4. The van der Waals surface area contributed by atoms with Gasteiger partial charge in [-0.3, -0.25) is 0 Å². The number of anilines is 1. The first-order valence-electron chi connectivity index (χ1n) is 5.89. The van der Waals surface area contributed by atoms with Crippen LogP contribution in [0.15, 0.2) is 18.3 Å². The van der Waals surface area contributed by atoms with Crippen molar-refractivity contribution in [1.29, 1.82) is 5.26 Å². The van der Waals surface area contributed by atoms with Crippen LogP contribution in [0.25, 0.3) is 0 Å². The second kappa shape index (κ2) is 5.15. The molecule has 90 valence electrons. The van der Waals surface area contributed by atoms with Gasteiger partial charge in [-0.15, -0.1) is 0 Å². The number of hydrogen-bond acceptors (Lipinski definition) is 4. The van der Waals surface area contributed by atoms with Gasteiger partial charge in [-0.05, 0) is 24.5 Å². The van der Waals surface area contributed by atoms with E-state index >= 15 is 0 Å². The number of nitrogens with zero attached hydrogens (tertiary/aromatic N) is 3. The number of methoxy groups -OCH3 is 1. The molecule has 2 unspecified atom stereocenters. The average Bonchev–Trinajstić information content (AvgIpc) is 2.39. The molecule has 0 saturated carbocycles. The first-order valence-corrected chi connectivity index (χ1v) is 5.89. The minimum Gasteiger partial charge on any atom is -0.379 e. The molecule has 1 aliphatic heterocycles. The van der Waals surface area contributed by atoms with Crippen LogP contribution in [0.5, 0.6) is 0 Å². The predicted molar refractivity (Wildman–Crippen MR) is 65.7 cm³/mol. The predicted octanol–water partition coefficient (Wildman–Crippen LogP) is 1.81. The molecule has 2 atom stereocenters. The molecule has 0 aliphatic carbocycles. The Bertz CT molecular complexity index is 427. The quantitative estimate of drug-likeness (QED) is 0.779. The zero-order chi connectivity index (χ0) is 12.3. The van der Waals surface area contributed by atoms with Gasteiger partial charge in [-0.2, -0.15) is 5.26 Å². The summed E-state index contributed by atoms with van der Waals surface area (Å²) in [4.78, 5) is 6.46. The zero-order valence-corrected chi connectivity index (χ0v) is 10.3. The molecule has 1 aromatic rings. The monoisotopic (exact) mass is 231 g/mol. The maximum atomic E-state index is 9.08. The van der Waals surface area contributed by atoms with E-state index in [1.807, 2.05) is 6.07 Å². The summed E-state index contributed by atoms with van der Waals surface area (Å²) in [5, 5.41) is 9.08. The van der Waals surface area contributed by atoms with E-state index in [9.17, 15) is 0 Å². The van der Waals surface area contributed by atoms with Crippen molar-refractivity contribution in [1.82, 2.24) is 4.98 Å². The first-order chi connectivity index (χ1) is 8.26. The SMILES string of the molecule is COC1CN(c2ncccc2C#N)CCC1C. The number of nitriles is 1. The molecule has 0 radical (unpaired) electrons. The molecule has 4 heteroatoms. The molecule has 1 saturated heterocycles. The molecule has 2 rings (SSSR count). The van der Waals surface area contributed by atoms with Crippen LogP contribution in [0.2, 0.25) is 0 Å². The zero-order valence-electron chi connectivity index (χ0n) is 10.3. The minimum atomic E-state index is 0.220. The Kier molecular flexibility index (Phi) is 3.60. The van der Waals surface area contributed by atoms with E-state index in [0.29, 0.717) is 11.5 Å². The van der Waals surface area contributed by atoms with Crippen LogP contribution in [0, 0.1) is 17.2 Å². The lowest BCUT2D eigenvalue weighted by atomic mass is 9.95. The van der Waals surface area contributed by atoms with E-state index in [4.69, 9.17) is 10.00 Å². The Labute approximate surface area is 102 Å². The van der Waals surface area contributed by atoms with Crippen molar-refractivity contribution in [2.75, 3.05) is 25.1 Å². The van der Waals surface area contributed by atoms with Crippen molar-refractivity contribution in [3.8, 4) is 6.07 Å². The van der Waals surface area contributed by atoms with Gasteiger partial charge in [-0.25, -0.2) is 4.98 Å². The highest BCUT2D eigenvalue weighted by Crippen LogP contribution is 2.25. The standard InChI is InChI=1S/C13H17N3O/c1-10-5-7-16(9-12(10)17-2)13-11(8-14)4-3-6-15-13/h3-4,6,10,12H,5,7,9H2,1-2H3. The molecule has 4 nitrogen and oxygen atoms in total. The third-order valence-corrected chi connectivity index (χ3v) is 3.40. The average molecular weight is 231 g/mol. The summed E-state index contributed by atoms with van der Waals surface area (Å²) in [5.74, 6) is 1.34. The maximum Gasteiger partial charge on any atom is 0.146 e. The summed E-state index contributed by atoms with van der Waals surface area (Å²) >= 11 is 0. The van der Waals surface area contributed by atoms with Crippen molar-refractivity contribution >= 4 is 5.82 Å². The Morgan fingerprint density at radius 1 is 1.59 bits per heavy atom. The van der Waals surface area contributed by atoms with Crippen LogP contribution < -0.4 is 4.90 Å². The summed E-state index contributed by atoms with van der Waals surface area (Å²) in [7, 11) is 1.74. The topological polar surface area (TPSA) is 49.1 Å². The Morgan fingerprint density at radius 3 is 3.12 bits per heavy atom. The van der Waals surface area contributed by atoms with E-state index in [-0.39, 0.29) is 6.10 Å². The van der Waals surface area contributed by atoms with Crippen LogP contribution in [-0.2, 0) is 4.74 Å². The van der Waals surface area contributed by atoms with Gasteiger partial charge in [0.05, 0.1) is 11.7 Å². The Balaban J connectivity index is 2.21. The minimum absolute atomic E-state index is 0.220. The Hall–Kier alpha value is -1.60. The van der Waals surface area contributed by atoms with Crippen molar-refractivity contribution in [2.45, 2.75) is 19.4 Å². The van der Waals surface area contributed by atoms with Gasteiger partial charge in [-0.1, -0.05) is 6.92 Å². The molecule has 0 bridgehead atoms. The fourth-order valence-electron chi connectivity index (χ4n) is 2.27. The van der Waals surface area contributed by atoms with E-state index in [0.717, 1.165) is 25.3 Å². The van der Waals surface area contributed by atoms with E-state index < -0.39 is 0 Å². The molecule has 1 aromatic heterocycles. The highest BCUT2D eigenvalue weighted by molar-refractivity contribution is 5.53. The smallest absolute Gasteiger partial charge is 0.146 e. The summed E-state index contributed by atoms with van der Waals surface area (Å²) in [5.41, 5.74) is 0.636. The number of aromatic nitrogens is 1. The third kappa shape index (κ3) is 2.40. The van der Waals surface area contributed by atoms with Gasteiger partial charge in [0.25, 0.3) is 0 Å². The summed E-state index contributed by atoms with van der Waals surface area (Å²) in [6.07, 6.45) is 3.02. The number of piperidine rings is 1. The van der Waals surface area contributed by atoms with Gasteiger partial charge >= 0.3 is 0 Å². The highest BCUT2D eigenvalue weighted by Gasteiger charge is 2.27. The second-order valence-electron chi connectivity index (χ2n) is 4.47. The second-order valence-corrected chi connectivity index (χ2v) is 4.47. The van der Waals surface area contributed by atoms with Gasteiger partial charge in [0.2, 0.25) is 0 Å². The molecule has 17 heavy (non-hydrogen) atoms. The summed E-state index contributed by atoms with van der Waals surface area (Å²) in [6.45, 7) is 3.95. The lowest BCUT2D eigenvalue weighted by molar-refractivity contribution is 0.0496. The van der Waals surface area contributed by atoms with Crippen LogP contribution in [0.4, 0.5) is 5.82 Å². The van der Waals surface area contributed by atoms with Crippen LogP contribution in [0.1, 0.15) is 18.9 Å². The van der Waals surface area contributed by atoms with Crippen molar-refractivity contribution < 1.29 is 4.74 Å². The van der Waals surface area contributed by atoms with E-state index in [1.54, 1.807) is 19.4 Å². The molecular weight excluding hydrogens is 214 g/mol. The first kappa shape index (κ1) is 11.9. The van der Waals surface area contributed by atoms with Crippen molar-refractivity contribution in [2.24, 2.45) is 5.92 Å². The van der Waals surface area contributed by atoms with Crippen LogP contribution in [-0.4, -0.2) is 31.3 Å². The Morgan fingerprint density at radius 2 is 2.41 bits per heavy atom. The third-order valence-electron chi connectivity index (χ3n) is 3.40. The molecule has 0 N–H and O–H groups in total. The maximum absolute atomic E-state index is 9.08. The molecule has 2 heterocycles. The van der Waals surface area contributed by atoms with Gasteiger partial charge < -0.3 is 9.64 Å². The van der Waals surface area contributed by atoms with Gasteiger partial charge in [0, 0.05) is 26.4 Å². The number of hydrogen-bond donors (Lipinski definition) is 0. The van der Waals surface area contributed by atoms with Crippen LogP contribution >= 0.6 is 0 Å². The fraction of sp³-hybridized carbons (Fsp3) is 0.538. The summed E-state index contributed by atoms with van der Waals surface area (Å²) < 4.78 is 5.48. The van der Waals surface area contributed by atoms with E-state index in [1.165, 1.54) is 0 Å². The molecule has 0 amide bonds. The van der Waals surface area contributed by atoms with Crippen molar-refractivity contribution in [3.05, 3.63) is 23.9 Å². The van der Waals surface area contributed by atoms with Crippen LogP contribution in [0.3, 0.4) is 0 Å². The number of rotatable bonds is 2.